The van der Waals surface area contributed by atoms with E-state index in [1.807, 2.05) is 47.9 Å². The van der Waals surface area contributed by atoms with Crippen molar-refractivity contribution < 1.29 is 14.3 Å². The Balaban J connectivity index is 1.49. The van der Waals surface area contributed by atoms with Gasteiger partial charge in [-0.25, -0.2) is 14.8 Å². The predicted octanol–water partition coefficient (Wildman–Crippen LogP) is 5.12. The summed E-state index contributed by atoms with van der Waals surface area (Å²) in [6.45, 7) is 10.5. The second kappa shape index (κ2) is 11.5. The first-order valence-electron chi connectivity index (χ1n) is 13.0. The van der Waals surface area contributed by atoms with Crippen molar-refractivity contribution in [2.24, 2.45) is 0 Å². The van der Waals surface area contributed by atoms with Crippen molar-refractivity contribution in [3.05, 3.63) is 64.3 Å². The highest BCUT2D eigenvalue weighted by molar-refractivity contribution is 5.96. The predicted molar refractivity (Wildman–Crippen MR) is 143 cm³/mol. The van der Waals surface area contributed by atoms with E-state index in [1.165, 1.54) is 24.8 Å². The number of hydrogen-bond acceptors (Lipinski definition) is 6. The van der Waals surface area contributed by atoms with Gasteiger partial charge in [0.2, 0.25) is 0 Å². The molecule has 1 fully saturated rings. The Morgan fingerprint density at radius 3 is 2.14 bits per heavy atom. The molecule has 2 aromatic carbocycles. The molecule has 1 saturated heterocycles. The van der Waals surface area contributed by atoms with Gasteiger partial charge in [-0.15, -0.1) is 0 Å². The summed E-state index contributed by atoms with van der Waals surface area (Å²) in [5, 5.41) is 0. The molecule has 0 unspecified atom stereocenters. The number of carbonyl (C=O) groups is 2. The minimum atomic E-state index is -0.474. The molecule has 190 valence electrons. The summed E-state index contributed by atoms with van der Waals surface area (Å²) >= 11 is 0. The number of rotatable bonds is 8. The second-order valence-corrected chi connectivity index (χ2v) is 9.47. The summed E-state index contributed by atoms with van der Waals surface area (Å²) in [6.07, 6.45) is 4.66. The minimum Gasteiger partial charge on any atom is -0.461 e. The van der Waals surface area contributed by atoms with Gasteiger partial charge in [0.1, 0.15) is 0 Å². The molecule has 0 bridgehead atoms. The molecule has 7 heteroatoms. The first kappa shape index (κ1) is 25.6. The molecular weight excluding hydrogens is 452 g/mol. The number of carbonyl (C=O) groups excluding carboxylic acids is 2. The van der Waals surface area contributed by atoms with Crippen LogP contribution in [0.4, 0.5) is 5.82 Å². The number of unbranched alkanes of at least 4 members (excludes halogenated alkanes) is 2. The lowest BCUT2D eigenvalue weighted by Crippen LogP contribution is -2.49. The molecule has 0 saturated carbocycles. The molecule has 1 amide bonds. The fraction of sp³-hybridized carbons (Fsp3) is 0.448. The van der Waals surface area contributed by atoms with E-state index in [1.54, 1.807) is 6.92 Å². The van der Waals surface area contributed by atoms with Crippen LogP contribution in [0, 0.1) is 13.8 Å². The summed E-state index contributed by atoms with van der Waals surface area (Å²) in [5.41, 5.74) is 5.86. The molecule has 0 atom stereocenters. The molecule has 1 aliphatic rings. The van der Waals surface area contributed by atoms with Crippen LogP contribution in [0.1, 0.15) is 70.6 Å². The topological polar surface area (TPSA) is 75.6 Å². The summed E-state index contributed by atoms with van der Waals surface area (Å²) in [6, 6.07) is 12.0. The molecule has 36 heavy (non-hydrogen) atoms. The van der Waals surface area contributed by atoms with Crippen molar-refractivity contribution in [1.29, 1.82) is 0 Å². The monoisotopic (exact) mass is 488 g/mol. The number of piperazine rings is 1. The van der Waals surface area contributed by atoms with Gasteiger partial charge in [0.25, 0.3) is 5.91 Å². The van der Waals surface area contributed by atoms with Crippen molar-refractivity contribution in [1.82, 2.24) is 14.9 Å². The molecule has 7 nitrogen and oxygen atoms in total. The number of hydrogen-bond donors (Lipinski definition) is 0. The number of aryl methyl sites for hydroxylation is 3. The average molecular weight is 489 g/mol. The van der Waals surface area contributed by atoms with Gasteiger partial charge in [-0.1, -0.05) is 31.9 Å². The van der Waals surface area contributed by atoms with Crippen molar-refractivity contribution in [2.45, 2.75) is 53.4 Å². The molecule has 0 aliphatic carbocycles. The Morgan fingerprint density at radius 1 is 0.889 bits per heavy atom. The van der Waals surface area contributed by atoms with Gasteiger partial charge in [-0.3, -0.25) is 4.79 Å². The van der Waals surface area contributed by atoms with Crippen LogP contribution in [0.15, 0.2) is 36.4 Å². The van der Waals surface area contributed by atoms with Crippen LogP contribution in [0.3, 0.4) is 0 Å². The maximum Gasteiger partial charge on any atom is 0.360 e. The Kier molecular flexibility index (Phi) is 8.18. The zero-order valence-electron chi connectivity index (χ0n) is 21.8. The summed E-state index contributed by atoms with van der Waals surface area (Å²) in [7, 11) is 0. The van der Waals surface area contributed by atoms with E-state index in [0.29, 0.717) is 43.1 Å². The van der Waals surface area contributed by atoms with E-state index in [-0.39, 0.29) is 18.2 Å². The van der Waals surface area contributed by atoms with Crippen LogP contribution in [0.25, 0.3) is 11.0 Å². The number of nitrogens with zero attached hydrogens (tertiary/aromatic N) is 4. The van der Waals surface area contributed by atoms with E-state index in [0.717, 1.165) is 23.1 Å². The van der Waals surface area contributed by atoms with Crippen LogP contribution in [0.5, 0.6) is 0 Å². The van der Waals surface area contributed by atoms with E-state index >= 15 is 0 Å². The third-order valence-corrected chi connectivity index (χ3v) is 6.87. The van der Waals surface area contributed by atoms with E-state index in [2.05, 4.69) is 24.0 Å². The van der Waals surface area contributed by atoms with Crippen molar-refractivity contribution in [3.8, 4) is 0 Å². The third-order valence-electron chi connectivity index (χ3n) is 6.87. The summed E-state index contributed by atoms with van der Waals surface area (Å²) < 4.78 is 5.29. The highest BCUT2D eigenvalue weighted by atomic mass is 16.5. The number of amides is 1. The standard InChI is InChI=1S/C29H36N4O3/c1-5-7-8-9-22-10-12-23(13-11-22)28(34)33-16-14-32(15-17-33)27-26(29(35)36-6-2)30-24-18-20(3)21(4)19-25(24)31-27/h10-13,18-19H,5-9,14-17H2,1-4H3. The maximum absolute atomic E-state index is 13.1. The largest absolute Gasteiger partial charge is 0.461 e. The fourth-order valence-corrected chi connectivity index (χ4v) is 4.56. The summed E-state index contributed by atoms with van der Waals surface area (Å²) in [5.74, 6) is 0.0847. The molecule has 3 aromatic rings. The third kappa shape index (κ3) is 5.66. The SMILES string of the molecule is CCCCCc1ccc(C(=O)N2CCN(c3nc4cc(C)c(C)cc4nc3C(=O)OCC)CC2)cc1. The molecule has 0 N–H and O–H groups in total. The van der Waals surface area contributed by atoms with Crippen LogP contribution in [0.2, 0.25) is 0 Å². The number of ether oxygens (including phenoxy) is 1. The van der Waals surface area contributed by atoms with E-state index < -0.39 is 5.97 Å². The molecule has 1 aromatic heterocycles. The van der Waals surface area contributed by atoms with Gasteiger partial charge in [0.05, 0.1) is 17.6 Å². The van der Waals surface area contributed by atoms with Crippen LogP contribution < -0.4 is 4.90 Å². The molecule has 2 heterocycles. The quantitative estimate of drug-likeness (QED) is 0.324. The molecule has 0 radical (unpaired) electrons. The number of aromatic nitrogens is 2. The number of benzene rings is 2. The van der Waals surface area contributed by atoms with Crippen molar-refractivity contribution in [3.63, 3.8) is 0 Å². The number of fused-ring (bicyclic) bond motifs is 1. The highest BCUT2D eigenvalue weighted by Crippen LogP contribution is 2.25. The van der Waals surface area contributed by atoms with E-state index in [9.17, 15) is 9.59 Å². The zero-order valence-corrected chi connectivity index (χ0v) is 21.8. The first-order valence-corrected chi connectivity index (χ1v) is 13.0. The van der Waals surface area contributed by atoms with Gasteiger partial charge >= 0.3 is 5.97 Å². The average Bonchev–Trinajstić information content (AvgIpc) is 2.89. The Bertz CT molecular complexity index is 1230. The lowest BCUT2D eigenvalue weighted by Gasteiger charge is -2.36. The lowest BCUT2D eigenvalue weighted by molar-refractivity contribution is 0.0519. The van der Waals surface area contributed by atoms with Crippen LogP contribution in [-0.2, 0) is 11.2 Å². The number of esters is 1. The molecule has 1 aliphatic heterocycles. The maximum atomic E-state index is 13.1. The Morgan fingerprint density at radius 2 is 1.53 bits per heavy atom. The molecule has 0 spiro atoms. The highest BCUT2D eigenvalue weighted by Gasteiger charge is 2.28. The van der Waals surface area contributed by atoms with Gasteiger partial charge < -0.3 is 14.5 Å². The van der Waals surface area contributed by atoms with Crippen LogP contribution in [-0.4, -0.2) is 59.5 Å². The van der Waals surface area contributed by atoms with Crippen LogP contribution >= 0.6 is 0 Å². The first-order chi connectivity index (χ1) is 17.4. The molecular formula is C29H36N4O3. The van der Waals surface area contributed by atoms with Gasteiger partial charge in [-0.05, 0) is 74.6 Å². The van der Waals surface area contributed by atoms with E-state index in [4.69, 9.17) is 9.72 Å². The molecule has 4 rings (SSSR count). The Labute approximate surface area is 213 Å². The smallest absolute Gasteiger partial charge is 0.360 e. The van der Waals surface area contributed by atoms with Gasteiger partial charge in [0.15, 0.2) is 11.5 Å². The Hall–Kier alpha value is -3.48. The van der Waals surface area contributed by atoms with Crippen molar-refractivity contribution >= 4 is 28.7 Å². The van der Waals surface area contributed by atoms with Gasteiger partial charge in [-0.2, -0.15) is 0 Å². The number of anilines is 1. The van der Waals surface area contributed by atoms with Crippen molar-refractivity contribution in [2.75, 3.05) is 37.7 Å². The zero-order chi connectivity index (χ0) is 25.7. The normalized spacial score (nSPS) is 13.8. The second-order valence-electron chi connectivity index (χ2n) is 9.47. The minimum absolute atomic E-state index is 0.0380. The summed E-state index contributed by atoms with van der Waals surface area (Å²) in [4.78, 5) is 39.3. The van der Waals surface area contributed by atoms with Gasteiger partial charge in [0, 0.05) is 31.7 Å². The fourth-order valence-electron chi connectivity index (χ4n) is 4.56. The lowest BCUT2D eigenvalue weighted by atomic mass is 10.0.